The number of nitrogens with one attached hydrogen (secondary N) is 1. The molecule has 3 N–H and O–H groups in total. The number of nitrogen functional groups attached to an aromatic ring is 1. The SMILES string of the molecule is Cc1ccc(CC(Nc2ncccc2N)C(=O)N2CC3(COC3)C2)cc1. The van der Waals surface area contributed by atoms with E-state index in [1.165, 1.54) is 5.56 Å². The minimum atomic E-state index is -0.395. The van der Waals surface area contributed by atoms with E-state index in [1.807, 2.05) is 4.90 Å². The molecular formula is C20H24N4O2. The van der Waals surface area contributed by atoms with E-state index in [1.54, 1.807) is 18.3 Å². The Labute approximate surface area is 153 Å². The molecule has 2 saturated heterocycles. The molecule has 1 aromatic carbocycles. The van der Waals surface area contributed by atoms with E-state index in [0.29, 0.717) is 17.9 Å². The van der Waals surface area contributed by atoms with Gasteiger partial charge < -0.3 is 20.7 Å². The molecule has 1 unspecified atom stereocenters. The quantitative estimate of drug-likeness (QED) is 0.858. The molecule has 0 saturated carbocycles. The summed E-state index contributed by atoms with van der Waals surface area (Å²) in [4.78, 5) is 19.3. The van der Waals surface area contributed by atoms with Crippen molar-refractivity contribution in [3.8, 4) is 0 Å². The van der Waals surface area contributed by atoms with Crippen molar-refractivity contribution in [2.45, 2.75) is 19.4 Å². The van der Waals surface area contributed by atoms with E-state index in [2.05, 4.69) is 41.5 Å². The highest BCUT2D eigenvalue weighted by Crippen LogP contribution is 2.38. The lowest BCUT2D eigenvalue weighted by Gasteiger charge is -2.55. The fourth-order valence-corrected chi connectivity index (χ4v) is 3.58. The highest BCUT2D eigenvalue weighted by atomic mass is 16.5. The van der Waals surface area contributed by atoms with Crippen molar-refractivity contribution in [3.05, 3.63) is 53.7 Å². The number of carbonyl (C=O) groups is 1. The minimum absolute atomic E-state index is 0.0909. The molecule has 2 aliphatic rings. The number of ether oxygens (including phenoxy) is 1. The fraction of sp³-hybridized carbons (Fsp3) is 0.400. The first-order chi connectivity index (χ1) is 12.5. The number of anilines is 2. The van der Waals surface area contributed by atoms with Crippen LogP contribution >= 0.6 is 0 Å². The van der Waals surface area contributed by atoms with E-state index >= 15 is 0 Å². The third-order valence-electron chi connectivity index (χ3n) is 5.19. The van der Waals surface area contributed by atoms with Crippen LogP contribution in [0.2, 0.25) is 0 Å². The van der Waals surface area contributed by atoms with Crippen LogP contribution < -0.4 is 11.1 Å². The Morgan fingerprint density at radius 2 is 2.04 bits per heavy atom. The monoisotopic (exact) mass is 352 g/mol. The van der Waals surface area contributed by atoms with E-state index in [0.717, 1.165) is 31.9 Å². The maximum Gasteiger partial charge on any atom is 0.245 e. The molecule has 2 aliphatic heterocycles. The maximum absolute atomic E-state index is 13.1. The van der Waals surface area contributed by atoms with Crippen molar-refractivity contribution in [2.75, 3.05) is 37.4 Å². The lowest BCUT2D eigenvalue weighted by Crippen LogP contribution is -2.68. The summed E-state index contributed by atoms with van der Waals surface area (Å²) in [5.41, 5.74) is 9.07. The minimum Gasteiger partial charge on any atom is -0.396 e. The molecule has 26 heavy (non-hydrogen) atoms. The molecule has 136 valence electrons. The molecule has 6 nitrogen and oxygen atoms in total. The Balaban J connectivity index is 1.51. The molecule has 1 spiro atoms. The van der Waals surface area contributed by atoms with Gasteiger partial charge in [0.05, 0.1) is 24.3 Å². The standard InChI is InChI=1S/C20H24N4O2/c1-14-4-6-15(7-5-14)9-17(23-18-16(21)3-2-8-22-18)19(25)24-10-20(11-24)12-26-13-20/h2-8,17H,9-13,21H2,1H3,(H,22,23). The summed E-state index contributed by atoms with van der Waals surface area (Å²) < 4.78 is 5.31. The molecule has 2 fully saturated rings. The van der Waals surface area contributed by atoms with Crippen LogP contribution in [0.4, 0.5) is 11.5 Å². The van der Waals surface area contributed by atoms with Crippen LogP contribution in [-0.4, -0.2) is 48.1 Å². The lowest BCUT2D eigenvalue weighted by atomic mass is 9.77. The molecule has 6 heteroatoms. The van der Waals surface area contributed by atoms with Crippen molar-refractivity contribution in [1.29, 1.82) is 0 Å². The first kappa shape index (κ1) is 16.8. The van der Waals surface area contributed by atoms with E-state index < -0.39 is 6.04 Å². The van der Waals surface area contributed by atoms with Crippen LogP contribution in [0.1, 0.15) is 11.1 Å². The lowest BCUT2D eigenvalue weighted by molar-refractivity contribution is -0.195. The van der Waals surface area contributed by atoms with Crippen LogP contribution in [-0.2, 0) is 16.0 Å². The molecule has 2 aromatic rings. The van der Waals surface area contributed by atoms with Gasteiger partial charge >= 0.3 is 0 Å². The number of hydrogen-bond donors (Lipinski definition) is 2. The third-order valence-corrected chi connectivity index (χ3v) is 5.19. The first-order valence-corrected chi connectivity index (χ1v) is 8.94. The molecular weight excluding hydrogens is 328 g/mol. The Bertz CT molecular complexity index is 794. The molecule has 1 atom stereocenters. The second-order valence-electron chi connectivity index (χ2n) is 7.51. The van der Waals surface area contributed by atoms with Crippen molar-refractivity contribution in [2.24, 2.45) is 5.41 Å². The molecule has 0 bridgehead atoms. The third kappa shape index (κ3) is 3.24. The second kappa shape index (κ2) is 6.61. The number of carbonyl (C=O) groups excluding carboxylic acids is 1. The van der Waals surface area contributed by atoms with Crippen LogP contribution in [0.5, 0.6) is 0 Å². The summed E-state index contributed by atoms with van der Waals surface area (Å²) in [6.07, 6.45) is 2.27. The first-order valence-electron chi connectivity index (χ1n) is 8.94. The van der Waals surface area contributed by atoms with Crippen molar-refractivity contribution < 1.29 is 9.53 Å². The van der Waals surface area contributed by atoms with Gasteiger partial charge in [-0.3, -0.25) is 4.79 Å². The highest BCUT2D eigenvalue weighted by molar-refractivity contribution is 5.86. The molecule has 0 radical (unpaired) electrons. The summed E-state index contributed by atoms with van der Waals surface area (Å²) in [6.45, 7) is 5.13. The number of nitrogens with two attached hydrogens (primary N) is 1. The van der Waals surface area contributed by atoms with Gasteiger partial charge in [0.2, 0.25) is 5.91 Å². The number of aryl methyl sites for hydroxylation is 1. The average Bonchev–Trinajstić information content (AvgIpc) is 2.55. The summed E-state index contributed by atoms with van der Waals surface area (Å²) in [6, 6.07) is 11.4. The molecule has 1 amide bonds. The number of pyridine rings is 1. The smallest absolute Gasteiger partial charge is 0.245 e. The van der Waals surface area contributed by atoms with Gasteiger partial charge in [-0.05, 0) is 24.6 Å². The highest BCUT2D eigenvalue weighted by Gasteiger charge is 2.51. The number of nitrogens with zero attached hydrogens (tertiary/aromatic N) is 2. The van der Waals surface area contributed by atoms with Crippen molar-refractivity contribution in [1.82, 2.24) is 9.88 Å². The van der Waals surface area contributed by atoms with Crippen molar-refractivity contribution >= 4 is 17.4 Å². The van der Waals surface area contributed by atoms with E-state index in [9.17, 15) is 4.79 Å². The van der Waals surface area contributed by atoms with Crippen LogP contribution in [0.15, 0.2) is 42.6 Å². The largest absolute Gasteiger partial charge is 0.396 e. The number of likely N-dealkylation sites (tertiary alicyclic amines) is 1. The Morgan fingerprint density at radius 3 is 2.65 bits per heavy atom. The Morgan fingerprint density at radius 1 is 1.31 bits per heavy atom. The second-order valence-corrected chi connectivity index (χ2v) is 7.51. The summed E-state index contributed by atoms with van der Waals surface area (Å²) in [7, 11) is 0. The number of amides is 1. The number of benzene rings is 1. The van der Waals surface area contributed by atoms with Gasteiger partial charge in [-0.2, -0.15) is 0 Å². The summed E-state index contributed by atoms with van der Waals surface area (Å²) in [5, 5.41) is 3.26. The molecule has 1 aromatic heterocycles. The number of hydrogen-bond acceptors (Lipinski definition) is 5. The van der Waals surface area contributed by atoms with Crippen LogP contribution in [0.25, 0.3) is 0 Å². The number of aromatic nitrogens is 1. The maximum atomic E-state index is 13.1. The zero-order valence-electron chi connectivity index (χ0n) is 14.9. The summed E-state index contributed by atoms with van der Waals surface area (Å²) >= 11 is 0. The summed E-state index contributed by atoms with van der Waals surface area (Å²) in [5.74, 6) is 0.647. The molecule has 3 heterocycles. The predicted molar refractivity (Wildman–Crippen MR) is 101 cm³/mol. The van der Waals surface area contributed by atoms with E-state index in [-0.39, 0.29) is 11.3 Å². The Kier molecular flexibility index (Phi) is 4.28. The zero-order valence-corrected chi connectivity index (χ0v) is 14.9. The van der Waals surface area contributed by atoms with E-state index in [4.69, 9.17) is 10.5 Å². The van der Waals surface area contributed by atoms with Gasteiger partial charge in [0.1, 0.15) is 11.9 Å². The zero-order chi connectivity index (χ0) is 18.1. The average molecular weight is 352 g/mol. The molecule has 0 aliphatic carbocycles. The van der Waals surface area contributed by atoms with Crippen molar-refractivity contribution in [3.63, 3.8) is 0 Å². The van der Waals surface area contributed by atoms with Gasteiger partial charge in [-0.15, -0.1) is 0 Å². The van der Waals surface area contributed by atoms with Crippen LogP contribution in [0.3, 0.4) is 0 Å². The van der Waals surface area contributed by atoms with Gasteiger partial charge in [-0.25, -0.2) is 4.98 Å². The number of rotatable bonds is 5. The van der Waals surface area contributed by atoms with Gasteiger partial charge in [0.25, 0.3) is 0 Å². The molecule has 4 rings (SSSR count). The fourth-order valence-electron chi connectivity index (χ4n) is 3.58. The van der Waals surface area contributed by atoms with Crippen LogP contribution in [0, 0.1) is 12.3 Å². The van der Waals surface area contributed by atoms with Gasteiger partial charge in [-0.1, -0.05) is 29.8 Å². The predicted octanol–water partition coefficient (Wildman–Crippen LogP) is 1.85. The topological polar surface area (TPSA) is 80.5 Å². The van der Waals surface area contributed by atoms with Gasteiger partial charge in [0.15, 0.2) is 0 Å². The van der Waals surface area contributed by atoms with Gasteiger partial charge in [0, 0.05) is 25.7 Å². The normalized spacial score (nSPS) is 18.7. The Hall–Kier alpha value is -2.60.